The maximum Gasteiger partial charge on any atom is 0.408 e. The smallest absolute Gasteiger partial charge is 0.408 e. The van der Waals surface area contributed by atoms with Gasteiger partial charge in [-0.3, -0.25) is 19.2 Å². The van der Waals surface area contributed by atoms with E-state index >= 15 is 0 Å². The van der Waals surface area contributed by atoms with Crippen LogP contribution in [0.25, 0.3) is 4.85 Å². The molecule has 2 amide bonds. The van der Waals surface area contributed by atoms with E-state index in [2.05, 4.69) is 15.5 Å². The summed E-state index contributed by atoms with van der Waals surface area (Å²) in [5.74, 6) is -4.42. The molecular formula is C51H63N5O12. The van der Waals surface area contributed by atoms with Crippen LogP contribution in [0.3, 0.4) is 0 Å². The van der Waals surface area contributed by atoms with E-state index in [1.807, 2.05) is 78.9 Å². The molecule has 0 aliphatic carbocycles. The zero-order valence-corrected chi connectivity index (χ0v) is 39.4. The molecule has 0 bridgehead atoms. The van der Waals surface area contributed by atoms with E-state index in [1.54, 1.807) is 77.9 Å². The molecule has 364 valence electrons. The minimum absolute atomic E-state index is 0.00736. The molecule has 17 heteroatoms. The summed E-state index contributed by atoms with van der Waals surface area (Å²) in [6.45, 7) is 18.3. The first kappa shape index (κ1) is 58.4. The Labute approximate surface area is 398 Å². The number of aliphatic hydroxyl groups is 1. The van der Waals surface area contributed by atoms with Gasteiger partial charge in [0.15, 0.2) is 5.69 Å². The van der Waals surface area contributed by atoms with Gasteiger partial charge < -0.3 is 45.9 Å². The van der Waals surface area contributed by atoms with Crippen LogP contribution in [0.15, 0.2) is 109 Å². The van der Waals surface area contributed by atoms with Crippen molar-refractivity contribution in [3.8, 4) is 6.07 Å². The zero-order valence-electron chi connectivity index (χ0n) is 39.4. The van der Waals surface area contributed by atoms with Crippen LogP contribution in [0.4, 0.5) is 10.5 Å². The predicted molar refractivity (Wildman–Crippen MR) is 253 cm³/mol. The standard InChI is InChI=1S/C26H30N2O5.C10H17NO6.C8H8N2.C7H8O/c1-26(2,3)33-24(30)16-21(12-15-23(29)32-18-20-8-6-5-7-9-20)25(31)28-17-19-10-13-22(27-4)14-11-19;1-10(2,3)17-9(16)11-6(8(14)15)4-5-7(12)13;9-5-7-1-2-8(6-10)4-3-7;8-6-7-4-2-1-3-5-7/h5-11,13-14,21H,12,15-18H2,1-3H3,(H,28,31);6H,4-5H2,1-3H3,(H,11,16)(H,12,13)(H,14,15);1-4H,5,9H2;1-5,8H,6H2/t21-;6-;;/m10../s1. The maximum absolute atomic E-state index is 12.8. The molecular weight excluding hydrogens is 875 g/mol. The average molecular weight is 938 g/mol. The number of carbonyl (C=O) groups excluding carboxylic acids is 4. The number of ether oxygens (including phenoxy) is 3. The van der Waals surface area contributed by atoms with Gasteiger partial charge in [-0.25, -0.2) is 14.4 Å². The van der Waals surface area contributed by atoms with Gasteiger partial charge in [-0.15, -0.1) is 0 Å². The van der Waals surface area contributed by atoms with Gasteiger partial charge in [0.1, 0.15) is 23.9 Å². The Morgan fingerprint density at radius 3 is 1.72 bits per heavy atom. The first-order chi connectivity index (χ1) is 32.1. The average Bonchev–Trinajstić information content (AvgIpc) is 3.30. The second-order valence-corrected chi connectivity index (χ2v) is 16.8. The summed E-state index contributed by atoms with van der Waals surface area (Å²) in [5.41, 5.74) is 8.87. The number of nitrogens with zero attached hydrogens (tertiary/aromatic N) is 2. The van der Waals surface area contributed by atoms with Crippen molar-refractivity contribution in [3.05, 3.63) is 148 Å². The first-order valence-corrected chi connectivity index (χ1v) is 21.5. The molecule has 2 atom stereocenters. The molecule has 0 aromatic heterocycles. The van der Waals surface area contributed by atoms with Gasteiger partial charge in [-0.2, -0.15) is 5.26 Å². The van der Waals surface area contributed by atoms with Gasteiger partial charge in [0.25, 0.3) is 0 Å². The lowest BCUT2D eigenvalue weighted by Crippen LogP contribution is -2.43. The number of rotatable bonds is 17. The largest absolute Gasteiger partial charge is 0.481 e. The Balaban J connectivity index is 0.000000541. The zero-order chi connectivity index (χ0) is 51.1. The van der Waals surface area contributed by atoms with Crippen molar-refractivity contribution in [1.29, 1.82) is 5.26 Å². The number of carboxylic acids is 2. The van der Waals surface area contributed by atoms with E-state index in [-0.39, 0.29) is 57.8 Å². The monoisotopic (exact) mass is 937 g/mol. The molecule has 4 aromatic rings. The summed E-state index contributed by atoms with van der Waals surface area (Å²) in [5, 5.41) is 39.1. The Kier molecular flexibility index (Phi) is 26.9. The Morgan fingerprint density at radius 1 is 0.721 bits per heavy atom. The third kappa shape index (κ3) is 28.3. The lowest BCUT2D eigenvalue weighted by atomic mass is 9.98. The molecule has 0 heterocycles. The molecule has 0 saturated carbocycles. The molecule has 0 fully saturated rings. The van der Waals surface area contributed by atoms with Crippen LogP contribution < -0.4 is 16.4 Å². The van der Waals surface area contributed by atoms with Crippen LogP contribution in [0.2, 0.25) is 0 Å². The highest BCUT2D eigenvalue weighted by Crippen LogP contribution is 2.19. The normalized spacial score (nSPS) is 11.2. The van der Waals surface area contributed by atoms with Gasteiger partial charge in [-0.1, -0.05) is 97.1 Å². The molecule has 4 aromatic carbocycles. The number of hydrogen-bond acceptors (Lipinski definition) is 12. The SMILES string of the molecule is CC(C)(C)OC(=O)N[C@@H](CCC(=O)O)C(=O)O.N#Cc1ccc(CN)cc1.OCc1ccccc1.[C-]#[N+]c1ccc(CNC(=O)[C@H](CCC(=O)OCc2ccccc2)CC(=O)OC(C)(C)C)cc1. The fraction of sp³-hybridized carbons (Fsp3) is 0.373. The van der Waals surface area contributed by atoms with E-state index in [0.717, 1.165) is 22.3 Å². The molecule has 0 aliphatic rings. The van der Waals surface area contributed by atoms with Gasteiger partial charge in [-0.05, 0) is 88.8 Å². The van der Waals surface area contributed by atoms with E-state index < -0.39 is 53.1 Å². The second-order valence-electron chi connectivity index (χ2n) is 16.8. The number of carbonyl (C=O) groups is 6. The first-order valence-electron chi connectivity index (χ1n) is 21.5. The highest BCUT2D eigenvalue weighted by molar-refractivity contribution is 5.84. The van der Waals surface area contributed by atoms with E-state index in [9.17, 15) is 28.8 Å². The molecule has 68 heavy (non-hydrogen) atoms. The van der Waals surface area contributed by atoms with Crippen LogP contribution in [0.5, 0.6) is 0 Å². The van der Waals surface area contributed by atoms with Crippen molar-refractivity contribution in [3.63, 3.8) is 0 Å². The highest BCUT2D eigenvalue weighted by Gasteiger charge is 2.27. The van der Waals surface area contributed by atoms with E-state index in [1.165, 1.54) is 0 Å². The molecule has 7 N–H and O–H groups in total. The van der Waals surface area contributed by atoms with Crippen LogP contribution >= 0.6 is 0 Å². The minimum atomic E-state index is -1.29. The number of benzene rings is 4. The molecule has 0 radical (unpaired) electrons. The van der Waals surface area contributed by atoms with Crippen LogP contribution in [0.1, 0.15) is 101 Å². The van der Waals surface area contributed by atoms with Gasteiger partial charge in [0.05, 0.1) is 31.2 Å². The van der Waals surface area contributed by atoms with Crippen LogP contribution in [-0.2, 0) is 64.5 Å². The maximum atomic E-state index is 12.8. The highest BCUT2D eigenvalue weighted by atomic mass is 16.6. The van der Waals surface area contributed by atoms with Gasteiger partial charge >= 0.3 is 30.0 Å². The number of nitrogens with one attached hydrogen (secondary N) is 2. The topological polar surface area (TPSA) is 269 Å². The summed E-state index contributed by atoms with van der Waals surface area (Å²) in [6.07, 6.45) is -1.37. The van der Waals surface area contributed by atoms with Crippen LogP contribution in [-0.4, -0.2) is 68.4 Å². The summed E-state index contributed by atoms with van der Waals surface area (Å²) in [6, 6.07) is 33.7. The number of aliphatic hydroxyl groups excluding tert-OH is 1. The second kappa shape index (κ2) is 31.3. The fourth-order valence-corrected chi connectivity index (χ4v) is 5.31. The van der Waals surface area contributed by atoms with Crippen molar-refractivity contribution in [1.82, 2.24) is 10.6 Å². The fourth-order valence-electron chi connectivity index (χ4n) is 5.31. The lowest BCUT2D eigenvalue weighted by molar-refractivity contribution is -0.158. The lowest BCUT2D eigenvalue weighted by Gasteiger charge is -2.22. The quantitative estimate of drug-likeness (QED) is 0.0336. The molecule has 0 saturated heterocycles. The third-order valence-corrected chi connectivity index (χ3v) is 8.66. The molecule has 17 nitrogen and oxygen atoms in total. The van der Waals surface area contributed by atoms with Crippen molar-refractivity contribution in [2.75, 3.05) is 0 Å². The Hall–Kier alpha value is -7.60. The Bertz CT molecular complexity index is 2240. The minimum Gasteiger partial charge on any atom is -0.481 e. The van der Waals surface area contributed by atoms with Crippen molar-refractivity contribution in [2.45, 2.75) is 117 Å². The van der Waals surface area contributed by atoms with Gasteiger partial charge in [0, 0.05) is 31.8 Å². The van der Waals surface area contributed by atoms with Crippen molar-refractivity contribution in [2.24, 2.45) is 11.7 Å². The number of amides is 2. The number of esters is 2. The van der Waals surface area contributed by atoms with Crippen LogP contribution in [0, 0.1) is 23.8 Å². The molecule has 4 rings (SSSR count). The van der Waals surface area contributed by atoms with Crippen molar-refractivity contribution < 1.29 is 58.3 Å². The summed E-state index contributed by atoms with van der Waals surface area (Å²) >= 11 is 0. The Morgan fingerprint density at radius 2 is 1.26 bits per heavy atom. The summed E-state index contributed by atoms with van der Waals surface area (Å²) < 4.78 is 15.5. The summed E-state index contributed by atoms with van der Waals surface area (Å²) in [4.78, 5) is 73.0. The number of nitriles is 1. The number of carboxylic acid groups (broad SMARTS) is 2. The number of alkyl carbamates (subject to hydrolysis) is 1. The van der Waals surface area contributed by atoms with Crippen molar-refractivity contribution >= 4 is 41.6 Å². The molecule has 0 spiro atoms. The third-order valence-electron chi connectivity index (χ3n) is 8.66. The van der Waals surface area contributed by atoms with E-state index in [0.29, 0.717) is 17.8 Å². The summed E-state index contributed by atoms with van der Waals surface area (Å²) in [7, 11) is 0. The number of aliphatic carboxylic acids is 2. The number of hydrogen-bond donors (Lipinski definition) is 6. The number of nitrogens with two attached hydrogens (primary N) is 1. The van der Waals surface area contributed by atoms with E-state index in [4.69, 9.17) is 47.1 Å². The molecule has 0 unspecified atom stereocenters. The van der Waals surface area contributed by atoms with Gasteiger partial charge in [0.2, 0.25) is 5.91 Å². The predicted octanol–water partition coefficient (Wildman–Crippen LogP) is 7.75. The molecule has 0 aliphatic heterocycles.